The molecule has 1 aromatic heterocycles. The number of methoxy groups -OCH3 is 1. The van der Waals surface area contributed by atoms with Gasteiger partial charge in [0.15, 0.2) is 0 Å². The van der Waals surface area contributed by atoms with Gasteiger partial charge in [-0.25, -0.2) is 4.98 Å². The van der Waals surface area contributed by atoms with Gasteiger partial charge in [-0.3, -0.25) is 19.3 Å². The van der Waals surface area contributed by atoms with Crippen LogP contribution in [0, 0.1) is 6.92 Å². The molecular formula is C22H27N3O4S. The van der Waals surface area contributed by atoms with E-state index >= 15 is 0 Å². The summed E-state index contributed by atoms with van der Waals surface area (Å²) in [5.74, 6) is -0.837. The second-order valence-electron chi connectivity index (χ2n) is 7.61. The van der Waals surface area contributed by atoms with E-state index in [1.54, 1.807) is 13.3 Å². The molecule has 1 aliphatic heterocycles. The summed E-state index contributed by atoms with van der Waals surface area (Å²) in [6.45, 7) is 4.50. The fraction of sp³-hybridized carbons (Fsp3) is 0.455. The minimum absolute atomic E-state index is 0.0112. The molecule has 2 aromatic rings. The number of hydrogen-bond acceptors (Lipinski definition) is 6. The number of imide groups is 1. The maximum atomic E-state index is 13.5. The zero-order valence-corrected chi connectivity index (χ0v) is 18.3. The van der Waals surface area contributed by atoms with Gasteiger partial charge in [-0.2, -0.15) is 0 Å². The van der Waals surface area contributed by atoms with Gasteiger partial charge in [-0.1, -0.05) is 24.3 Å². The number of nitrogens with zero attached hydrogens (tertiary/aromatic N) is 2. The molecule has 0 spiro atoms. The number of carbonyl (C=O) groups is 3. The highest BCUT2D eigenvalue weighted by molar-refractivity contribution is 7.09. The lowest BCUT2D eigenvalue weighted by Crippen LogP contribution is -2.43. The number of aryl methyl sites for hydroxylation is 1. The molecule has 30 heavy (non-hydrogen) atoms. The topological polar surface area (TPSA) is 88.6 Å². The van der Waals surface area contributed by atoms with Crippen LogP contribution >= 0.6 is 11.3 Å². The molecule has 2 unspecified atom stereocenters. The van der Waals surface area contributed by atoms with Crippen molar-refractivity contribution in [3.63, 3.8) is 0 Å². The molecule has 0 radical (unpaired) electrons. The predicted octanol–water partition coefficient (Wildman–Crippen LogP) is 2.75. The minimum atomic E-state index is -1.19. The molecule has 3 amide bonds. The van der Waals surface area contributed by atoms with Gasteiger partial charge < -0.3 is 10.1 Å². The average molecular weight is 430 g/mol. The molecule has 3 rings (SSSR count). The van der Waals surface area contributed by atoms with E-state index in [0.29, 0.717) is 13.0 Å². The Hall–Kier alpha value is -2.58. The number of ether oxygens (including phenoxy) is 1. The monoisotopic (exact) mass is 429 g/mol. The first kappa shape index (κ1) is 22.1. The Morgan fingerprint density at radius 2 is 2.13 bits per heavy atom. The normalized spacial score (nSPS) is 19.9. The van der Waals surface area contributed by atoms with Crippen LogP contribution in [0.4, 0.5) is 0 Å². The van der Waals surface area contributed by atoms with Gasteiger partial charge in [0.1, 0.15) is 5.01 Å². The molecule has 2 heterocycles. The SMILES string of the molecule is COCCCN1C(=O)CC(CC(=O)NC(C)c2nccs2)(c2ccccc2C)C1=O. The van der Waals surface area contributed by atoms with Crippen molar-refractivity contribution in [2.45, 2.75) is 44.6 Å². The summed E-state index contributed by atoms with van der Waals surface area (Å²) in [5.41, 5.74) is 0.426. The Balaban J connectivity index is 1.88. The maximum Gasteiger partial charge on any atom is 0.240 e. The molecule has 2 atom stereocenters. The summed E-state index contributed by atoms with van der Waals surface area (Å²) in [6.07, 6.45) is 2.15. The third-order valence-electron chi connectivity index (χ3n) is 5.46. The second-order valence-corrected chi connectivity index (χ2v) is 8.53. The molecule has 160 valence electrons. The van der Waals surface area contributed by atoms with E-state index in [9.17, 15) is 14.4 Å². The molecule has 1 fully saturated rings. The van der Waals surface area contributed by atoms with Gasteiger partial charge in [0.2, 0.25) is 17.7 Å². The second kappa shape index (κ2) is 9.49. The molecule has 0 bridgehead atoms. The Bertz CT molecular complexity index is 915. The summed E-state index contributed by atoms with van der Waals surface area (Å²) in [4.78, 5) is 44.8. The van der Waals surface area contributed by atoms with E-state index in [1.807, 2.05) is 43.5 Å². The number of nitrogens with one attached hydrogen (secondary N) is 1. The Kier molecular flexibility index (Phi) is 6.99. The van der Waals surface area contributed by atoms with E-state index < -0.39 is 5.41 Å². The van der Waals surface area contributed by atoms with Crippen molar-refractivity contribution in [3.8, 4) is 0 Å². The molecule has 0 saturated carbocycles. The zero-order valence-electron chi connectivity index (χ0n) is 17.5. The largest absolute Gasteiger partial charge is 0.385 e. The van der Waals surface area contributed by atoms with Crippen LogP contribution in [0.25, 0.3) is 0 Å². The first-order valence-electron chi connectivity index (χ1n) is 9.97. The van der Waals surface area contributed by atoms with Crippen molar-refractivity contribution >= 4 is 29.1 Å². The Labute approximate surface area is 180 Å². The standard InChI is InChI=1S/C22H27N3O4S/c1-15-7-4-5-8-17(15)22(13-18(26)24-16(2)20-23-9-12-30-20)14-19(27)25(21(22)28)10-6-11-29-3/h4-5,7-9,12,16H,6,10-11,13-14H2,1-3H3,(H,24,26). The van der Waals surface area contributed by atoms with Crippen LogP contribution in [0.1, 0.15) is 48.4 Å². The molecule has 8 heteroatoms. The first-order chi connectivity index (χ1) is 14.4. The zero-order chi connectivity index (χ0) is 21.7. The van der Waals surface area contributed by atoms with Crippen molar-refractivity contribution in [1.82, 2.24) is 15.2 Å². The van der Waals surface area contributed by atoms with Gasteiger partial charge >= 0.3 is 0 Å². The Morgan fingerprint density at radius 1 is 1.37 bits per heavy atom. The number of benzene rings is 1. The molecule has 1 saturated heterocycles. The smallest absolute Gasteiger partial charge is 0.240 e. The minimum Gasteiger partial charge on any atom is -0.385 e. The predicted molar refractivity (Wildman–Crippen MR) is 114 cm³/mol. The number of thiazole rings is 1. The lowest BCUT2D eigenvalue weighted by molar-refractivity contribution is -0.141. The summed E-state index contributed by atoms with van der Waals surface area (Å²) in [5, 5.41) is 5.58. The van der Waals surface area contributed by atoms with Gasteiger partial charge in [0.25, 0.3) is 0 Å². The first-order valence-corrected chi connectivity index (χ1v) is 10.9. The number of hydrogen-bond donors (Lipinski definition) is 1. The van der Waals surface area contributed by atoms with Gasteiger partial charge in [-0.05, 0) is 31.4 Å². The molecule has 0 aliphatic carbocycles. The van der Waals surface area contributed by atoms with Crippen LogP contribution in [-0.4, -0.2) is 47.9 Å². The van der Waals surface area contributed by atoms with E-state index in [2.05, 4.69) is 10.3 Å². The van der Waals surface area contributed by atoms with Crippen LogP contribution in [0.5, 0.6) is 0 Å². The lowest BCUT2D eigenvalue weighted by atomic mass is 9.74. The van der Waals surface area contributed by atoms with E-state index in [1.165, 1.54) is 16.2 Å². The van der Waals surface area contributed by atoms with Crippen LogP contribution in [0.15, 0.2) is 35.8 Å². The van der Waals surface area contributed by atoms with Gasteiger partial charge in [0, 0.05) is 44.7 Å². The van der Waals surface area contributed by atoms with Gasteiger partial charge in [0.05, 0.1) is 11.5 Å². The fourth-order valence-electron chi connectivity index (χ4n) is 4.02. The highest BCUT2D eigenvalue weighted by atomic mass is 32.1. The Morgan fingerprint density at radius 3 is 2.80 bits per heavy atom. The quantitative estimate of drug-likeness (QED) is 0.489. The molecule has 1 aliphatic rings. The number of rotatable bonds is 9. The third kappa shape index (κ3) is 4.44. The van der Waals surface area contributed by atoms with Crippen molar-refractivity contribution in [2.24, 2.45) is 0 Å². The number of likely N-dealkylation sites (tertiary alicyclic amines) is 1. The summed E-state index contributed by atoms with van der Waals surface area (Å²) in [6, 6.07) is 7.20. The van der Waals surface area contributed by atoms with Crippen LogP contribution in [0.2, 0.25) is 0 Å². The molecule has 1 N–H and O–H groups in total. The van der Waals surface area contributed by atoms with Crippen molar-refractivity contribution in [2.75, 3.05) is 20.3 Å². The van der Waals surface area contributed by atoms with E-state index in [0.717, 1.165) is 16.1 Å². The van der Waals surface area contributed by atoms with Crippen LogP contribution < -0.4 is 5.32 Å². The highest BCUT2D eigenvalue weighted by Gasteiger charge is 2.54. The maximum absolute atomic E-state index is 13.5. The summed E-state index contributed by atoms with van der Waals surface area (Å²) < 4.78 is 5.05. The molecular weight excluding hydrogens is 402 g/mol. The number of carbonyl (C=O) groups excluding carboxylic acids is 3. The average Bonchev–Trinajstić information content (AvgIpc) is 3.32. The number of amides is 3. The van der Waals surface area contributed by atoms with Crippen LogP contribution in [-0.2, 0) is 24.5 Å². The fourth-order valence-corrected chi connectivity index (χ4v) is 4.67. The highest BCUT2D eigenvalue weighted by Crippen LogP contribution is 2.41. The van der Waals surface area contributed by atoms with E-state index in [4.69, 9.17) is 4.74 Å². The molecule has 1 aromatic carbocycles. The third-order valence-corrected chi connectivity index (χ3v) is 6.42. The van der Waals surface area contributed by atoms with Crippen molar-refractivity contribution in [1.29, 1.82) is 0 Å². The van der Waals surface area contributed by atoms with Crippen molar-refractivity contribution < 1.29 is 19.1 Å². The van der Waals surface area contributed by atoms with Crippen LogP contribution in [0.3, 0.4) is 0 Å². The summed E-state index contributed by atoms with van der Waals surface area (Å²) in [7, 11) is 1.58. The summed E-state index contributed by atoms with van der Waals surface area (Å²) >= 11 is 1.46. The van der Waals surface area contributed by atoms with Gasteiger partial charge in [-0.15, -0.1) is 11.3 Å². The lowest BCUT2D eigenvalue weighted by Gasteiger charge is -2.29. The van der Waals surface area contributed by atoms with Crippen molar-refractivity contribution in [3.05, 3.63) is 52.0 Å². The molecule has 7 nitrogen and oxygen atoms in total. The van der Waals surface area contributed by atoms with E-state index in [-0.39, 0.29) is 43.1 Å². The number of aromatic nitrogens is 1.